The lowest BCUT2D eigenvalue weighted by molar-refractivity contribution is 0.0697. The van der Waals surface area contributed by atoms with Crippen LogP contribution in [-0.4, -0.2) is 47.9 Å². The van der Waals surface area contributed by atoms with Crippen molar-refractivity contribution in [3.63, 3.8) is 0 Å². The quantitative estimate of drug-likeness (QED) is 0.457. The van der Waals surface area contributed by atoms with Crippen molar-refractivity contribution in [2.45, 2.75) is 59.4 Å². The minimum absolute atomic E-state index is 0.0813. The molecule has 0 saturated carbocycles. The molecule has 0 radical (unpaired) electrons. The summed E-state index contributed by atoms with van der Waals surface area (Å²) >= 11 is 0. The van der Waals surface area contributed by atoms with Crippen LogP contribution in [0.15, 0.2) is 29.3 Å². The molecule has 35 heavy (non-hydrogen) atoms. The van der Waals surface area contributed by atoms with Gasteiger partial charge in [-0.05, 0) is 82.3 Å². The van der Waals surface area contributed by atoms with Crippen LogP contribution in [0.3, 0.4) is 0 Å². The van der Waals surface area contributed by atoms with Crippen molar-refractivity contribution in [1.82, 2.24) is 14.8 Å². The Balaban J connectivity index is 1.86. The summed E-state index contributed by atoms with van der Waals surface area (Å²) in [5.74, 6) is -0.921. The predicted octanol–water partition coefficient (Wildman–Crippen LogP) is 4.02. The summed E-state index contributed by atoms with van der Waals surface area (Å²) in [6.45, 7) is 12.8. The number of hydrogen-bond donors (Lipinski definition) is 2. The van der Waals surface area contributed by atoms with Crippen LogP contribution in [0, 0.1) is 34.6 Å². The van der Waals surface area contributed by atoms with Crippen LogP contribution >= 0.6 is 0 Å². The van der Waals surface area contributed by atoms with E-state index in [2.05, 4.69) is 14.8 Å². The number of aromatic nitrogens is 3. The lowest BCUT2D eigenvalue weighted by Crippen LogP contribution is -2.24. The van der Waals surface area contributed by atoms with Crippen LogP contribution in [0.2, 0.25) is 0 Å². The molecule has 2 heterocycles. The molecule has 0 aliphatic rings. The molecule has 0 atom stereocenters. The zero-order valence-electron chi connectivity index (χ0n) is 21.3. The first-order valence-corrected chi connectivity index (χ1v) is 12.9. The van der Waals surface area contributed by atoms with E-state index in [0.29, 0.717) is 18.5 Å². The number of hydrogen-bond acceptors (Lipinski definition) is 6. The van der Waals surface area contributed by atoms with E-state index in [1.54, 1.807) is 24.9 Å². The summed E-state index contributed by atoms with van der Waals surface area (Å²) in [6, 6.07) is 4.74. The molecule has 3 aromatic rings. The third-order valence-corrected chi connectivity index (χ3v) is 7.84. The van der Waals surface area contributed by atoms with Gasteiger partial charge in [0.15, 0.2) is 0 Å². The first-order chi connectivity index (χ1) is 16.4. The second-order valence-electron chi connectivity index (χ2n) is 8.84. The van der Waals surface area contributed by atoms with Crippen molar-refractivity contribution in [1.29, 1.82) is 0 Å². The number of nitrogens with zero attached hydrogens (tertiary/aromatic N) is 4. The lowest BCUT2D eigenvalue weighted by Gasteiger charge is -2.21. The Kier molecular flexibility index (Phi) is 7.54. The van der Waals surface area contributed by atoms with E-state index in [1.165, 1.54) is 12.3 Å². The molecule has 1 aromatic carbocycles. The molecule has 9 nitrogen and oxygen atoms in total. The number of pyridine rings is 1. The molecule has 0 saturated heterocycles. The van der Waals surface area contributed by atoms with E-state index in [9.17, 15) is 18.3 Å². The van der Waals surface area contributed by atoms with E-state index in [-0.39, 0.29) is 22.0 Å². The fourth-order valence-corrected chi connectivity index (χ4v) is 5.54. The number of carboxylic acids is 1. The first-order valence-electron chi connectivity index (χ1n) is 11.4. The number of rotatable bonds is 9. The first kappa shape index (κ1) is 26.2. The average molecular weight is 500 g/mol. The van der Waals surface area contributed by atoms with Crippen LogP contribution in [0.1, 0.15) is 50.9 Å². The van der Waals surface area contributed by atoms with E-state index in [0.717, 1.165) is 34.6 Å². The number of benzene rings is 1. The van der Waals surface area contributed by atoms with Crippen molar-refractivity contribution in [2.75, 3.05) is 23.2 Å². The Morgan fingerprint density at radius 2 is 1.74 bits per heavy atom. The molecular weight excluding hydrogens is 466 g/mol. The zero-order chi connectivity index (χ0) is 26.1. The summed E-state index contributed by atoms with van der Waals surface area (Å²) in [5, 5.41) is 14.4. The molecule has 188 valence electrons. The Hall–Kier alpha value is -3.40. The molecule has 3 rings (SSSR count). The third kappa shape index (κ3) is 5.48. The van der Waals surface area contributed by atoms with Gasteiger partial charge in [-0.25, -0.2) is 18.2 Å². The molecule has 2 aromatic heterocycles. The second kappa shape index (κ2) is 10.1. The molecular formula is C25H33N5O4S. The Bertz CT molecular complexity index is 1380. The van der Waals surface area contributed by atoms with Crippen molar-refractivity contribution >= 4 is 27.5 Å². The highest BCUT2D eigenvalue weighted by atomic mass is 32.2. The van der Waals surface area contributed by atoms with Gasteiger partial charge >= 0.3 is 5.97 Å². The fraction of sp³-hybridized carbons (Fsp3) is 0.400. The molecule has 2 N–H and O–H groups in total. The number of aryl methyl sites for hydroxylation is 5. The lowest BCUT2D eigenvalue weighted by atomic mass is 10.1. The number of likely N-dealkylation sites (N-methyl/N-ethyl adjacent to an activating group) is 1. The monoisotopic (exact) mass is 499 g/mol. The molecule has 0 aliphatic carbocycles. The largest absolute Gasteiger partial charge is 0.478 e. The normalized spacial score (nSPS) is 11.5. The summed E-state index contributed by atoms with van der Waals surface area (Å²) in [5.41, 5.74) is 5.65. The van der Waals surface area contributed by atoms with Crippen LogP contribution in [0.5, 0.6) is 0 Å². The van der Waals surface area contributed by atoms with Gasteiger partial charge in [0, 0.05) is 25.8 Å². The number of sulfonamides is 1. The van der Waals surface area contributed by atoms with Crippen LogP contribution in [0.4, 0.5) is 11.5 Å². The smallest absolute Gasteiger partial charge is 0.339 e. The average Bonchev–Trinajstić information content (AvgIpc) is 3.06. The molecule has 10 heteroatoms. The zero-order valence-corrected chi connectivity index (χ0v) is 22.1. The van der Waals surface area contributed by atoms with Gasteiger partial charge < -0.3 is 10.0 Å². The predicted molar refractivity (Wildman–Crippen MR) is 137 cm³/mol. The topological polar surface area (TPSA) is 117 Å². The van der Waals surface area contributed by atoms with Crippen molar-refractivity contribution in [3.05, 3.63) is 63.6 Å². The van der Waals surface area contributed by atoms with Gasteiger partial charge in [0.1, 0.15) is 11.4 Å². The van der Waals surface area contributed by atoms with Gasteiger partial charge in [-0.2, -0.15) is 5.10 Å². The van der Waals surface area contributed by atoms with Crippen molar-refractivity contribution in [3.8, 4) is 0 Å². The number of aromatic carboxylic acids is 1. The summed E-state index contributed by atoms with van der Waals surface area (Å²) in [4.78, 5) is 18.2. The summed E-state index contributed by atoms with van der Waals surface area (Å²) in [6.07, 6.45) is 2.02. The van der Waals surface area contributed by atoms with E-state index < -0.39 is 16.0 Å². The van der Waals surface area contributed by atoms with Crippen LogP contribution < -0.4 is 9.62 Å². The van der Waals surface area contributed by atoms with Gasteiger partial charge in [0.25, 0.3) is 10.0 Å². The molecule has 0 aliphatic heterocycles. The SMILES string of the molecule is CCn1nc(C)c(CCN(C)c2ncc(NS(=O)(=O)c3cc(C)c(C)cc3C)cc2C(=O)O)c1C. The van der Waals surface area contributed by atoms with Crippen LogP contribution in [0.25, 0.3) is 0 Å². The third-order valence-electron chi connectivity index (χ3n) is 6.32. The van der Waals surface area contributed by atoms with Gasteiger partial charge in [-0.1, -0.05) is 6.07 Å². The minimum Gasteiger partial charge on any atom is -0.478 e. The number of anilines is 2. The molecule has 0 unspecified atom stereocenters. The highest BCUT2D eigenvalue weighted by Crippen LogP contribution is 2.26. The number of carboxylic acid groups (broad SMARTS) is 1. The maximum Gasteiger partial charge on any atom is 0.339 e. The number of carbonyl (C=O) groups is 1. The van der Waals surface area contributed by atoms with E-state index in [4.69, 9.17) is 0 Å². The minimum atomic E-state index is -3.92. The highest BCUT2D eigenvalue weighted by molar-refractivity contribution is 7.92. The van der Waals surface area contributed by atoms with E-state index in [1.807, 2.05) is 45.4 Å². The Morgan fingerprint density at radius 1 is 1.09 bits per heavy atom. The fourth-order valence-electron chi connectivity index (χ4n) is 4.20. The standard InChI is InChI=1S/C25H33N5O4S/c1-8-30-19(6)21(18(5)27-30)9-10-29(7)24-22(25(31)32)13-20(14-26-24)28-35(33,34)23-12-16(3)15(2)11-17(23)4/h11-14,28H,8-10H2,1-7H3,(H,31,32). The molecule has 0 fully saturated rings. The summed E-state index contributed by atoms with van der Waals surface area (Å²) < 4.78 is 30.5. The highest BCUT2D eigenvalue weighted by Gasteiger charge is 2.22. The summed E-state index contributed by atoms with van der Waals surface area (Å²) in [7, 11) is -2.15. The van der Waals surface area contributed by atoms with Crippen molar-refractivity contribution in [2.24, 2.45) is 0 Å². The van der Waals surface area contributed by atoms with Gasteiger partial charge in [0.05, 0.1) is 22.5 Å². The van der Waals surface area contributed by atoms with Gasteiger partial charge in [-0.3, -0.25) is 9.40 Å². The van der Waals surface area contributed by atoms with Crippen LogP contribution in [-0.2, 0) is 23.0 Å². The molecule has 0 amide bonds. The second-order valence-corrected chi connectivity index (χ2v) is 10.5. The van der Waals surface area contributed by atoms with Gasteiger partial charge in [0.2, 0.25) is 0 Å². The molecule has 0 bridgehead atoms. The maximum absolute atomic E-state index is 13.0. The number of nitrogens with one attached hydrogen (secondary N) is 1. The molecule has 0 spiro atoms. The Labute approximate surface area is 206 Å². The van der Waals surface area contributed by atoms with Crippen molar-refractivity contribution < 1.29 is 18.3 Å². The maximum atomic E-state index is 13.0. The Morgan fingerprint density at radius 3 is 2.34 bits per heavy atom. The van der Waals surface area contributed by atoms with Gasteiger partial charge in [-0.15, -0.1) is 0 Å². The van der Waals surface area contributed by atoms with E-state index >= 15 is 0 Å².